The molecule has 1 aromatic carbocycles. The van der Waals surface area contributed by atoms with Crippen molar-refractivity contribution < 1.29 is 14.3 Å². The molecule has 0 saturated heterocycles. The Labute approximate surface area is 98.4 Å². The fraction of sp³-hybridized carbons (Fsp3) is 0.364. The molecule has 0 aliphatic carbocycles. The standard InChI is InChI=1S/C11H13ClFNO2/c1-2-14(7-8(12)11(15)16)10-6-4-3-5-9(10)13/h3-6,8H,2,7H2,1H3,(H,15,16). The van der Waals surface area contributed by atoms with Crippen molar-refractivity contribution in [2.75, 3.05) is 18.0 Å². The second-order valence-corrected chi connectivity index (χ2v) is 3.82. The van der Waals surface area contributed by atoms with E-state index >= 15 is 0 Å². The molecule has 0 bridgehead atoms. The maximum atomic E-state index is 13.4. The summed E-state index contributed by atoms with van der Waals surface area (Å²) in [6.07, 6.45) is 0. The second-order valence-electron chi connectivity index (χ2n) is 3.30. The molecule has 0 aliphatic heterocycles. The van der Waals surface area contributed by atoms with Gasteiger partial charge in [-0.3, -0.25) is 4.79 Å². The van der Waals surface area contributed by atoms with Crippen molar-refractivity contribution >= 4 is 23.3 Å². The molecule has 0 aromatic heterocycles. The van der Waals surface area contributed by atoms with Gasteiger partial charge in [-0.05, 0) is 19.1 Å². The zero-order valence-electron chi connectivity index (χ0n) is 8.86. The fourth-order valence-electron chi connectivity index (χ4n) is 1.38. The number of aliphatic carboxylic acids is 1. The summed E-state index contributed by atoms with van der Waals surface area (Å²) in [5, 5.41) is 7.65. The van der Waals surface area contributed by atoms with Crippen LogP contribution in [0.2, 0.25) is 0 Å². The maximum Gasteiger partial charge on any atom is 0.323 e. The van der Waals surface area contributed by atoms with E-state index in [9.17, 15) is 9.18 Å². The molecule has 0 heterocycles. The number of alkyl halides is 1. The van der Waals surface area contributed by atoms with Crippen molar-refractivity contribution in [2.45, 2.75) is 12.3 Å². The van der Waals surface area contributed by atoms with E-state index in [0.29, 0.717) is 12.2 Å². The minimum Gasteiger partial charge on any atom is -0.480 e. The lowest BCUT2D eigenvalue weighted by atomic mass is 10.2. The second kappa shape index (κ2) is 5.70. The van der Waals surface area contributed by atoms with E-state index < -0.39 is 11.3 Å². The van der Waals surface area contributed by atoms with Gasteiger partial charge in [-0.25, -0.2) is 4.39 Å². The normalized spacial score (nSPS) is 12.2. The quantitative estimate of drug-likeness (QED) is 0.810. The SMILES string of the molecule is CCN(CC(Cl)C(=O)O)c1ccccc1F. The Morgan fingerprint density at radius 1 is 1.56 bits per heavy atom. The molecule has 3 nitrogen and oxygen atoms in total. The van der Waals surface area contributed by atoms with Gasteiger partial charge in [0.05, 0.1) is 5.69 Å². The van der Waals surface area contributed by atoms with Crippen LogP contribution in [0.15, 0.2) is 24.3 Å². The molecule has 88 valence electrons. The van der Waals surface area contributed by atoms with Crippen LogP contribution in [-0.4, -0.2) is 29.5 Å². The number of carboxylic acid groups (broad SMARTS) is 1. The maximum absolute atomic E-state index is 13.4. The largest absolute Gasteiger partial charge is 0.480 e. The van der Waals surface area contributed by atoms with Gasteiger partial charge in [0.1, 0.15) is 11.2 Å². The first-order valence-electron chi connectivity index (χ1n) is 4.92. The van der Waals surface area contributed by atoms with E-state index in [1.165, 1.54) is 6.07 Å². The number of halogens is 2. The molecule has 0 fully saturated rings. The van der Waals surface area contributed by atoms with Crippen LogP contribution in [0.3, 0.4) is 0 Å². The number of carbonyl (C=O) groups is 1. The molecular weight excluding hydrogens is 233 g/mol. The number of rotatable bonds is 5. The van der Waals surface area contributed by atoms with Gasteiger partial charge in [0.15, 0.2) is 0 Å². The van der Waals surface area contributed by atoms with Crippen LogP contribution >= 0.6 is 11.6 Å². The predicted octanol–water partition coefficient (Wildman–Crippen LogP) is 2.34. The molecule has 0 amide bonds. The zero-order chi connectivity index (χ0) is 12.1. The molecule has 1 unspecified atom stereocenters. The fourth-order valence-corrected chi connectivity index (χ4v) is 1.54. The summed E-state index contributed by atoms with van der Waals surface area (Å²) in [4.78, 5) is 12.2. The number of hydrogen-bond acceptors (Lipinski definition) is 2. The summed E-state index contributed by atoms with van der Waals surface area (Å²) in [6, 6.07) is 6.22. The van der Waals surface area contributed by atoms with E-state index in [1.54, 1.807) is 23.1 Å². The Balaban J connectivity index is 2.83. The Bertz CT molecular complexity index is 373. The van der Waals surface area contributed by atoms with E-state index in [0.717, 1.165) is 0 Å². The average Bonchev–Trinajstić information content (AvgIpc) is 2.26. The minimum absolute atomic E-state index is 0.0777. The van der Waals surface area contributed by atoms with Gasteiger partial charge < -0.3 is 10.0 Å². The van der Waals surface area contributed by atoms with Crippen molar-refractivity contribution in [3.05, 3.63) is 30.1 Å². The van der Waals surface area contributed by atoms with Crippen molar-refractivity contribution in [2.24, 2.45) is 0 Å². The number of hydrogen-bond donors (Lipinski definition) is 1. The zero-order valence-corrected chi connectivity index (χ0v) is 9.62. The van der Waals surface area contributed by atoms with Gasteiger partial charge in [-0.2, -0.15) is 0 Å². The number of para-hydroxylation sites is 1. The summed E-state index contributed by atoms with van der Waals surface area (Å²) in [7, 11) is 0. The third-order valence-electron chi connectivity index (χ3n) is 2.22. The molecule has 0 radical (unpaired) electrons. The molecule has 5 heteroatoms. The van der Waals surface area contributed by atoms with Crippen LogP contribution in [-0.2, 0) is 4.79 Å². The van der Waals surface area contributed by atoms with Crippen LogP contribution in [0, 0.1) is 5.82 Å². The summed E-state index contributed by atoms with van der Waals surface area (Å²) in [5.74, 6) is -1.48. The highest BCUT2D eigenvalue weighted by molar-refractivity contribution is 6.30. The van der Waals surface area contributed by atoms with Crippen LogP contribution in [0.25, 0.3) is 0 Å². The Kier molecular flexibility index (Phi) is 4.55. The molecule has 0 aliphatic rings. The van der Waals surface area contributed by atoms with Gasteiger partial charge >= 0.3 is 5.97 Å². The third-order valence-corrected chi connectivity index (χ3v) is 2.55. The molecular formula is C11H13ClFNO2. The Morgan fingerprint density at radius 3 is 2.69 bits per heavy atom. The van der Waals surface area contributed by atoms with E-state index in [2.05, 4.69) is 0 Å². The van der Waals surface area contributed by atoms with E-state index in [4.69, 9.17) is 16.7 Å². The highest BCUT2D eigenvalue weighted by Gasteiger charge is 2.19. The van der Waals surface area contributed by atoms with Crippen molar-refractivity contribution in [1.82, 2.24) is 0 Å². The van der Waals surface area contributed by atoms with Gasteiger partial charge in [-0.15, -0.1) is 11.6 Å². The minimum atomic E-state index is -1.10. The van der Waals surface area contributed by atoms with Crippen LogP contribution < -0.4 is 4.90 Å². The summed E-state index contributed by atoms with van der Waals surface area (Å²) in [6.45, 7) is 2.39. The van der Waals surface area contributed by atoms with Gasteiger partial charge in [-0.1, -0.05) is 12.1 Å². The summed E-state index contributed by atoms with van der Waals surface area (Å²) >= 11 is 5.63. The molecule has 1 rings (SSSR count). The summed E-state index contributed by atoms with van der Waals surface area (Å²) in [5.41, 5.74) is 0.372. The average molecular weight is 246 g/mol. The first-order valence-corrected chi connectivity index (χ1v) is 5.36. The van der Waals surface area contributed by atoms with Crippen molar-refractivity contribution in [3.8, 4) is 0 Å². The van der Waals surface area contributed by atoms with Crippen molar-refractivity contribution in [1.29, 1.82) is 0 Å². The lowest BCUT2D eigenvalue weighted by Crippen LogP contribution is -2.34. The highest BCUT2D eigenvalue weighted by atomic mass is 35.5. The molecule has 1 aromatic rings. The van der Waals surface area contributed by atoms with E-state index in [-0.39, 0.29) is 12.4 Å². The number of benzene rings is 1. The lowest BCUT2D eigenvalue weighted by molar-refractivity contribution is -0.136. The first-order chi connectivity index (χ1) is 7.56. The number of anilines is 1. The highest BCUT2D eigenvalue weighted by Crippen LogP contribution is 2.19. The first kappa shape index (κ1) is 12.8. The third kappa shape index (κ3) is 3.10. The Hall–Kier alpha value is -1.29. The predicted molar refractivity (Wildman–Crippen MR) is 61.6 cm³/mol. The van der Waals surface area contributed by atoms with E-state index in [1.807, 2.05) is 6.92 Å². The van der Waals surface area contributed by atoms with Gasteiger partial charge in [0.2, 0.25) is 0 Å². The number of carboxylic acids is 1. The van der Waals surface area contributed by atoms with Crippen molar-refractivity contribution in [3.63, 3.8) is 0 Å². The smallest absolute Gasteiger partial charge is 0.323 e. The molecule has 16 heavy (non-hydrogen) atoms. The summed E-state index contributed by atoms with van der Waals surface area (Å²) < 4.78 is 13.4. The van der Waals surface area contributed by atoms with Crippen LogP contribution in [0.1, 0.15) is 6.92 Å². The Morgan fingerprint density at radius 2 is 2.19 bits per heavy atom. The monoisotopic (exact) mass is 245 g/mol. The topological polar surface area (TPSA) is 40.5 Å². The molecule has 0 spiro atoms. The van der Waals surface area contributed by atoms with Gasteiger partial charge in [0, 0.05) is 13.1 Å². The van der Waals surface area contributed by atoms with Gasteiger partial charge in [0.25, 0.3) is 0 Å². The van der Waals surface area contributed by atoms with Crippen LogP contribution in [0.5, 0.6) is 0 Å². The lowest BCUT2D eigenvalue weighted by Gasteiger charge is -2.24. The molecule has 0 saturated carbocycles. The molecule has 1 atom stereocenters. The number of nitrogens with zero attached hydrogens (tertiary/aromatic N) is 1. The van der Waals surface area contributed by atoms with Crippen LogP contribution in [0.4, 0.5) is 10.1 Å². The molecule has 1 N–H and O–H groups in total.